The number of hydrogen-bond donors (Lipinski definition) is 2. The van der Waals surface area contributed by atoms with Crippen LogP contribution in [0.3, 0.4) is 0 Å². The van der Waals surface area contributed by atoms with Gasteiger partial charge in [-0.3, -0.25) is 29.5 Å². The molecule has 10 nitrogen and oxygen atoms in total. The number of benzene rings is 4. The van der Waals surface area contributed by atoms with E-state index in [1.54, 1.807) is 72.8 Å². The van der Waals surface area contributed by atoms with Crippen LogP contribution in [0.25, 0.3) is 0 Å². The summed E-state index contributed by atoms with van der Waals surface area (Å²) in [6.45, 7) is 0. The number of rotatable bonds is 7. The van der Waals surface area contributed by atoms with E-state index in [9.17, 15) is 19.5 Å². The molecule has 3 fully saturated rings. The molecule has 0 bridgehead atoms. The third-order valence-electron chi connectivity index (χ3n) is 11.3. The molecule has 0 aromatic heterocycles. The van der Waals surface area contributed by atoms with E-state index in [-0.39, 0.29) is 46.9 Å². The van der Waals surface area contributed by atoms with Gasteiger partial charge in [0.1, 0.15) is 5.75 Å². The number of methoxy groups -OCH3 is 2. The van der Waals surface area contributed by atoms with Crippen molar-refractivity contribution in [1.82, 2.24) is 5.01 Å². The fourth-order valence-electron chi connectivity index (χ4n) is 8.98. The van der Waals surface area contributed by atoms with Gasteiger partial charge in [0.2, 0.25) is 11.8 Å². The standard InChI is InChI=1S/C40H31BrCl3N3O7/c1-53-24-10-3-20(4-11-24)40-28(37(50)47(39(40)52)45-31-14-7-22(43)17-30(31)44)18-27-25(34(40)19-15-29(41)35(48)32(16-19)54-2)12-13-26-33(27)38(51)46(36(26)49)23-8-5-21(42)6-9-23/h3-12,14-17,26-28,33-34,45,48H,13,18H2,1-2H3. The van der Waals surface area contributed by atoms with Crippen LogP contribution in [0.2, 0.25) is 15.1 Å². The second-order valence-electron chi connectivity index (χ2n) is 13.8. The number of hydrogen-bond acceptors (Lipinski definition) is 8. The minimum Gasteiger partial charge on any atom is -0.503 e. The lowest BCUT2D eigenvalue weighted by atomic mass is 9.49. The number of nitrogens with zero attached hydrogens (tertiary/aromatic N) is 2. The van der Waals surface area contributed by atoms with Gasteiger partial charge in [-0.1, -0.05) is 58.6 Å². The summed E-state index contributed by atoms with van der Waals surface area (Å²) in [5.74, 6) is -5.32. The molecule has 2 aliphatic heterocycles. The Kier molecular flexibility index (Phi) is 9.20. The summed E-state index contributed by atoms with van der Waals surface area (Å²) in [7, 11) is 2.95. The first-order chi connectivity index (χ1) is 25.9. The Balaban J connectivity index is 1.35. The molecule has 4 aromatic rings. The van der Waals surface area contributed by atoms with E-state index in [2.05, 4.69) is 21.4 Å². The number of carbonyl (C=O) groups is 4. The number of carbonyl (C=O) groups excluding carboxylic acids is 4. The zero-order valence-corrected chi connectivity index (χ0v) is 32.5. The molecule has 54 heavy (non-hydrogen) atoms. The molecule has 4 aromatic carbocycles. The highest BCUT2D eigenvalue weighted by molar-refractivity contribution is 9.10. The minimum absolute atomic E-state index is 0.0799. The number of phenolic OH excluding ortho intramolecular Hbond substituents is 1. The van der Waals surface area contributed by atoms with Crippen LogP contribution in [-0.4, -0.2) is 48.0 Å². The van der Waals surface area contributed by atoms with Crippen molar-refractivity contribution in [3.63, 3.8) is 0 Å². The topological polar surface area (TPSA) is 125 Å². The third-order valence-corrected chi connectivity index (χ3v) is 12.7. The SMILES string of the molecule is COc1ccc(C23C(=O)N(Nc4ccc(Cl)cc4Cl)C(=O)C2CC2C(=CCC4C(=O)N(c5ccc(Cl)cc5)C(=O)C42)C3c2cc(Br)c(O)c(OC)c2)cc1. The first-order valence-corrected chi connectivity index (χ1v) is 19.0. The molecule has 6 atom stereocenters. The summed E-state index contributed by atoms with van der Waals surface area (Å²) in [6, 6.07) is 21.5. The second-order valence-corrected chi connectivity index (χ2v) is 15.9. The summed E-state index contributed by atoms with van der Waals surface area (Å²) in [4.78, 5) is 60.2. The summed E-state index contributed by atoms with van der Waals surface area (Å²) in [5, 5.41) is 12.9. The maximum absolute atomic E-state index is 15.5. The van der Waals surface area contributed by atoms with Crippen molar-refractivity contribution in [3.8, 4) is 17.2 Å². The van der Waals surface area contributed by atoms with Gasteiger partial charge in [0.05, 0.1) is 58.3 Å². The molecule has 2 aliphatic carbocycles. The molecule has 0 spiro atoms. The Morgan fingerprint density at radius 1 is 0.833 bits per heavy atom. The van der Waals surface area contributed by atoms with Gasteiger partial charge in [-0.05, 0) is 113 Å². The number of imide groups is 2. The molecule has 1 saturated carbocycles. The molecule has 276 valence electrons. The quantitative estimate of drug-likeness (QED) is 0.141. The largest absolute Gasteiger partial charge is 0.503 e. The van der Waals surface area contributed by atoms with Gasteiger partial charge < -0.3 is 14.6 Å². The first kappa shape index (κ1) is 36.4. The van der Waals surface area contributed by atoms with Gasteiger partial charge in [0.25, 0.3) is 11.8 Å². The molecule has 8 rings (SSSR count). The molecule has 2 N–H and O–H groups in total. The predicted molar refractivity (Wildman–Crippen MR) is 207 cm³/mol. The molecular formula is C40H31BrCl3N3O7. The lowest BCUT2D eigenvalue weighted by Gasteiger charge is -2.50. The van der Waals surface area contributed by atoms with E-state index in [0.717, 1.165) is 10.6 Å². The predicted octanol–water partition coefficient (Wildman–Crippen LogP) is 8.32. The average Bonchev–Trinajstić information content (AvgIpc) is 3.54. The number of ether oxygens (including phenoxy) is 2. The Labute approximate surface area is 333 Å². The number of aromatic hydroxyl groups is 1. The first-order valence-electron chi connectivity index (χ1n) is 17.0. The number of halogens is 4. The number of allylic oxidation sites excluding steroid dienone is 2. The Bertz CT molecular complexity index is 2290. The van der Waals surface area contributed by atoms with Crippen LogP contribution in [0.5, 0.6) is 17.2 Å². The van der Waals surface area contributed by atoms with Crippen molar-refractivity contribution in [2.75, 3.05) is 24.5 Å². The van der Waals surface area contributed by atoms with Crippen molar-refractivity contribution in [2.24, 2.45) is 23.7 Å². The molecule has 2 heterocycles. The van der Waals surface area contributed by atoms with Crippen molar-refractivity contribution in [3.05, 3.63) is 121 Å². The van der Waals surface area contributed by atoms with Crippen molar-refractivity contribution in [2.45, 2.75) is 24.2 Å². The summed E-state index contributed by atoms with van der Waals surface area (Å²) < 4.78 is 11.4. The van der Waals surface area contributed by atoms with Crippen LogP contribution in [0, 0.1) is 23.7 Å². The third kappa shape index (κ3) is 5.42. The molecule has 2 saturated heterocycles. The van der Waals surface area contributed by atoms with E-state index in [1.807, 2.05) is 6.08 Å². The Morgan fingerprint density at radius 3 is 2.20 bits per heavy atom. The van der Waals surface area contributed by atoms with E-state index >= 15 is 4.79 Å². The van der Waals surface area contributed by atoms with Gasteiger partial charge in [0.15, 0.2) is 11.5 Å². The van der Waals surface area contributed by atoms with Crippen molar-refractivity contribution < 1.29 is 33.8 Å². The second kappa shape index (κ2) is 13.6. The van der Waals surface area contributed by atoms with Crippen LogP contribution in [0.4, 0.5) is 11.4 Å². The number of nitrogens with one attached hydrogen (secondary N) is 1. The Hall–Kier alpha value is -4.55. The highest BCUT2D eigenvalue weighted by atomic mass is 79.9. The number of anilines is 2. The number of fused-ring (bicyclic) bond motifs is 4. The Morgan fingerprint density at radius 2 is 1.54 bits per heavy atom. The normalized spacial score (nSPS) is 26.0. The minimum atomic E-state index is -1.59. The van der Waals surface area contributed by atoms with Crippen LogP contribution in [-0.2, 0) is 24.6 Å². The number of hydrazine groups is 1. The molecular weight excluding hydrogens is 821 g/mol. The van der Waals surface area contributed by atoms with Crippen LogP contribution in [0.1, 0.15) is 29.9 Å². The average molecular weight is 852 g/mol. The molecule has 4 amide bonds. The lowest BCUT2D eigenvalue weighted by molar-refractivity contribution is -0.138. The van der Waals surface area contributed by atoms with Gasteiger partial charge in [-0.15, -0.1) is 0 Å². The van der Waals surface area contributed by atoms with Gasteiger partial charge in [-0.2, -0.15) is 5.01 Å². The van der Waals surface area contributed by atoms with Crippen LogP contribution in [0.15, 0.2) is 95.0 Å². The van der Waals surface area contributed by atoms with Crippen molar-refractivity contribution in [1.29, 1.82) is 0 Å². The smallest absolute Gasteiger partial charge is 0.260 e. The van der Waals surface area contributed by atoms with E-state index in [0.29, 0.717) is 37.1 Å². The highest BCUT2D eigenvalue weighted by Gasteiger charge is 2.70. The number of amides is 4. The maximum Gasteiger partial charge on any atom is 0.260 e. The zero-order valence-electron chi connectivity index (χ0n) is 28.7. The summed E-state index contributed by atoms with van der Waals surface area (Å²) >= 11 is 22.3. The van der Waals surface area contributed by atoms with Gasteiger partial charge >= 0.3 is 0 Å². The van der Waals surface area contributed by atoms with E-state index < -0.39 is 46.8 Å². The fourth-order valence-corrected chi connectivity index (χ4v) is 10.0. The number of phenols is 1. The molecule has 4 aliphatic rings. The monoisotopic (exact) mass is 849 g/mol. The summed E-state index contributed by atoms with van der Waals surface area (Å²) in [5.41, 5.74) is 3.89. The van der Waals surface area contributed by atoms with E-state index in [4.69, 9.17) is 44.3 Å². The van der Waals surface area contributed by atoms with Gasteiger partial charge in [0, 0.05) is 16.0 Å². The molecule has 14 heteroatoms. The fraction of sp³-hybridized carbons (Fsp3) is 0.250. The van der Waals surface area contributed by atoms with Crippen LogP contribution < -0.4 is 19.8 Å². The van der Waals surface area contributed by atoms with E-state index in [1.165, 1.54) is 25.2 Å². The van der Waals surface area contributed by atoms with Gasteiger partial charge in [-0.25, -0.2) is 0 Å². The maximum atomic E-state index is 15.5. The molecule has 6 unspecified atom stereocenters. The summed E-state index contributed by atoms with van der Waals surface area (Å²) in [6.07, 6.45) is 2.26. The zero-order chi connectivity index (χ0) is 38.2. The highest BCUT2D eigenvalue weighted by Crippen LogP contribution is 2.65. The van der Waals surface area contributed by atoms with Crippen molar-refractivity contribution >= 4 is 85.7 Å². The molecule has 0 radical (unpaired) electrons. The lowest BCUT2D eigenvalue weighted by Crippen LogP contribution is -2.53. The van der Waals surface area contributed by atoms with Crippen LogP contribution >= 0.6 is 50.7 Å².